The first-order chi connectivity index (χ1) is 12.3. The highest BCUT2D eigenvalue weighted by molar-refractivity contribution is 6.43. The topological polar surface area (TPSA) is 66.5 Å². The van der Waals surface area contributed by atoms with Gasteiger partial charge in [-0.25, -0.2) is 9.69 Å². The van der Waals surface area contributed by atoms with E-state index in [-0.39, 0.29) is 26.3 Å². The second-order valence-electron chi connectivity index (χ2n) is 5.22. The second-order valence-corrected chi connectivity index (χ2v) is 6.88. The smallest absolute Gasteiger partial charge is 0.273 e. The number of nitrogens with one attached hydrogen (secondary N) is 1. The van der Waals surface area contributed by atoms with Crippen LogP contribution in [0.5, 0.6) is 0 Å². The SMILES string of the molecule is O=C1NC(=O)N(c2ccc(Cl)c(Cl)c2)C(=O)/C1=C/c1ccc(Cl)cc1Cl. The van der Waals surface area contributed by atoms with Crippen molar-refractivity contribution < 1.29 is 14.4 Å². The molecule has 1 fully saturated rings. The highest BCUT2D eigenvalue weighted by Gasteiger charge is 2.37. The molecular weight excluding hydrogens is 422 g/mol. The maximum Gasteiger partial charge on any atom is 0.335 e. The summed E-state index contributed by atoms with van der Waals surface area (Å²) in [7, 11) is 0. The molecule has 0 radical (unpaired) electrons. The quantitative estimate of drug-likeness (QED) is 0.541. The molecule has 0 spiro atoms. The van der Waals surface area contributed by atoms with Crippen LogP contribution in [-0.2, 0) is 9.59 Å². The molecule has 2 aromatic carbocycles. The van der Waals surface area contributed by atoms with Crippen LogP contribution in [-0.4, -0.2) is 17.8 Å². The maximum atomic E-state index is 12.8. The Hall–Kier alpha value is -2.05. The molecular formula is C17H8Cl4N2O3. The lowest BCUT2D eigenvalue weighted by molar-refractivity contribution is -0.122. The number of rotatable bonds is 2. The molecule has 1 aliphatic heterocycles. The Morgan fingerprint density at radius 3 is 2.23 bits per heavy atom. The van der Waals surface area contributed by atoms with Crippen molar-refractivity contribution in [2.45, 2.75) is 0 Å². The van der Waals surface area contributed by atoms with Gasteiger partial charge >= 0.3 is 6.03 Å². The van der Waals surface area contributed by atoms with Crippen molar-refractivity contribution in [3.8, 4) is 0 Å². The standard InChI is InChI=1S/C17H8Cl4N2O3/c18-9-2-1-8(13(20)6-9)5-11-15(24)22-17(26)23(16(11)25)10-3-4-12(19)14(21)7-10/h1-7H,(H,22,24,26)/b11-5+. The van der Waals surface area contributed by atoms with Gasteiger partial charge in [0.2, 0.25) is 0 Å². The number of halogens is 4. The molecule has 0 atom stereocenters. The van der Waals surface area contributed by atoms with Crippen molar-refractivity contribution in [1.82, 2.24) is 5.32 Å². The largest absolute Gasteiger partial charge is 0.335 e. The fourth-order valence-electron chi connectivity index (χ4n) is 2.29. The molecule has 3 rings (SSSR count). The first-order valence-corrected chi connectivity index (χ1v) is 8.60. The Kier molecular flexibility index (Phi) is 5.25. The summed E-state index contributed by atoms with van der Waals surface area (Å²) in [6, 6.07) is 7.93. The number of hydrogen-bond acceptors (Lipinski definition) is 3. The van der Waals surface area contributed by atoms with Gasteiger partial charge in [0, 0.05) is 10.0 Å². The molecule has 2 aromatic rings. The van der Waals surface area contributed by atoms with Crippen molar-refractivity contribution in [3.05, 3.63) is 67.6 Å². The first-order valence-electron chi connectivity index (χ1n) is 7.09. The minimum atomic E-state index is -0.891. The van der Waals surface area contributed by atoms with Gasteiger partial charge in [0.1, 0.15) is 5.57 Å². The lowest BCUT2D eigenvalue weighted by atomic mass is 10.1. The van der Waals surface area contributed by atoms with Gasteiger partial charge in [-0.15, -0.1) is 0 Å². The van der Waals surface area contributed by atoms with E-state index in [1.54, 1.807) is 12.1 Å². The van der Waals surface area contributed by atoms with E-state index in [1.807, 2.05) is 0 Å². The molecule has 0 saturated carbocycles. The van der Waals surface area contributed by atoms with Crippen LogP contribution in [0, 0.1) is 0 Å². The molecule has 1 aliphatic rings. The lowest BCUT2D eigenvalue weighted by Crippen LogP contribution is -2.54. The van der Waals surface area contributed by atoms with Crippen LogP contribution >= 0.6 is 46.4 Å². The predicted octanol–water partition coefficient (Wildman–Crippen LogP) is 4.97. The monoisotopic (exact) mass is 428 g/mol. The highest BCUT2D eigenvalue weighted by Crippen LogP contribution is 2.30. The van der Waals surface area contributed by atoms with Crippen LogP contribution in [0.3, 0.4) is 0 Å². The average Bonchev–Trinajstić information content (AvgIpc) is 2.56. The summed E-state index contributed by atoms with van der Waals surface area (Å²) in [6.45, 7) is 0. The summed E-state index contributed by atoms with van der Waals surface area (Å²) in [4.78, 5) is 37.8. The Labute approximate surface area is 168 Å². The van der Waals surface area contributed by atoms with Gasteiger partial charge in [-0.1, -0.05) is 52.5 Å². The van der Waals surface area contributed by atoms with Gasteiger partial charge in [0.25, 0.3) is 11.8 Å². The average molecular weight is 430 g/mol. The minimum Gasteiger partial charge on any atom is -0.273 e. The van der Waals surface area contributed by atoms with Crippen LogP contribution in [0.2, 0.25) is 20.1 Å². The third kappa shape index (κ3) is 3.57. The molecule has 9 heteroatoms. The molecule has 132 valence electrons. The molecule has 0 aromatic heterocycles. The van der Waals surface area contributed by atoms with E-state index in [2.05, 4.69) is 5.32 Å². The van der Waals surface area contributed by atoms with Crippen molar-refractivity contribution in [2.24, 2.45) is 0 Å². The van der Waals surface area contributed by atoms with Gasteiger partial charge in [-0.2, -0.15) is 0 Å². The van der Waals surface area contributed by atoms with Gasteiger partial charge < -0.3 is 0 Å². The van der Waals surface area contributed by atoms with Crippen molar-refractivity contribution >= 4 is 76.0 Å². The third-order valence-corrected chi connectivity index (χ3v) is 4.83. The normalized spacial score (nSPS) is 16.2. The molecule has 4 amide bonds. The van der Waals surface area contributed by atoms with E-state index in [0.717, 1.165) is 4.90 Å². The van der Waals surface area contributed by atoms with Crippen LogP contribution in [0.25, 0.3) is 6.08 Å². The number of anilines is 1. The minimum absolute atomic E-state index is 0.160. The van der Waals surface area contributed by atoms with Gasteiger partial charge in [-0.05, 0) is 42.0 Å². The number of amides is 4. The Morgan fingerprint density at radius 1 is 0.846 bits per heavy atom. The number of hydrogen-bond donors (Lipinski definition) is 1. The van der Waals surface area contributed by atoms with Crippen molar-refractivity contribution in [3.63, 3.8) is 0 Å². The molecule has 0 aliphatic carbocycles. The van der Waals surface area contributed by atoms with Crippen LogP contribution in [0.4, 0.5) is 10.5 Å². The zero-order valence-electron chi connectivity index (χ0n) is 12.7. The summed E-state index contributed by atoms with van der Waals surface area (Å²) in [5.74, 6) is -1.65. The van der Waals surface area contributed by atoms with E-state index in [0.29, 0.717) is 10.6 Å². The third-order valence-electron chi connectivity index (χ3n) is 3.53. The first kappa shape index (κ1) is 18.7. The molecule has 26 heavy (non-hydrogen) atoms. The summed E-state index contributed by atoms with van der Waals surface area (Å²) >= 11 is 23.7. The maximum absolute atomic E-state index is 12.8. The van der Waals surface area contributed by atoms with Crippen LogP contribution in [0.1, 0.15) is 5.56 Å². The molecule has 1 N–H and O–H groups in total. The molecule has 0 unspecified atom stereocenters. The fraction of sp³-hybridized carbons (Fsp3) is 0. The summed E-state index contributed by atoms with van der Waals surface area (Å²) in [6.07, 6.45) is 1.29. The van der Waals surface area contributed by atoms with E-state index < -0.39 is 17.8 Å². The van der Waals surface area contributed by atoms with E-state index in [1.165, 1.54) is 30.3 Å². The molecule has 0 bridgehead atoms. The Balaban J connectivity index is 2.05. The summed E-state index contributed by atoms with van der Waals surface area (Å²) in [5.41, 5.74) is 0.306. The lowest BCUT2D eigenvalue weighted by Gasteiger charge is -2.26. The van der Waals surface area contributed by atoms with E-state index >= 15 is 0 Å². The number of nitrogens with zero attached hydrogens (tertiary/aromatic N) is 1. The van der Waals surface area contributed by atoms with E-state index in [9.17, 15) is 14.4 Å². The van der Waals surface area contributed by atoms with Gasteiger partial charge in [0.15, 0.2) is 0 Å². The van der Waals surface area contributed by atoms with Gasteiger partial charge in [0.05, 0.1) is 15.7 Å². The predicted molar refractivity (Wildman–Crippen MR) is 102 cm³/mol. The zero-order valence-corrected chi connectivity index (χ0v) is 15.7. The van der Waals surface area contributed by atoms with Crippen LogP contribution in [0.15, 0.2) is 42.0 Å². The zero-order chi connectivity index (χ0) is 19.0. The number of barbiturate groups is 1. The second kappa shape index (κ2) is 7.29. The Morgan fingerprint density at radius 2 is 1.58 bits per heavy atom. The number of imide groups is 2. The number of carbonyl (C=O) groups excluding carboxylic acids is 3. The number of carbonyl (C=O) groups is 3. The Bertz CT molecular complexity index is 988. The summed E-state index contributed by atoms with van der Waals surface area (Å²) in [5, 5.41) is 3.19. The molecule has 1 saturated heterocycles. The van der Waals surface area contributed by atoms with Crippen LogP contribution < -0.4 is 10.2 Å². The number of benzene rings is 2. The van der Waals surface area contributed by atoms with Gasteiger partial charge in [-0.3, -0.25) is 14.9 Å². The highest BCUT2D eigenvalue weighted by atomic mass is 35.5. The number of urea groups is 1. The summed E-state index contributed by atoms with van der Waals surface area (Å²) < 4.78 is 0. The fourth-order valence-corrected chi connectivity index (χ4v) is 3.05. The van der Waals surface area contributed by atoms with Crippen molar-refractivity contribution in [1.29, 1.82) is 0 Å². The van der Waals surface area contributed by atoms with E-state index in [4.69, 9.17) is 46.4 Å². The molecule has 1 heterocycles. The van der Waals surface area contributed by atoms with Crippen molar-refractivity contribution in [2.75, 3.05) is 4.90 Å². The molecule has 5 nitrogen and oxygen atoms in total.